The van der Waals surface area contributed by atoms with Crippen LogP contribution in [-0.2, 0) is 4.79 Å². The van der Waals surface area contributed by atoms with Crippen molar-refractivity contribution < 1.29 is 9.53 Å². The molecule has 0 aliphatic rings. The Bertz CT molecular complexity index is 715. The summed E-state index contributed by atoms with van der Waals surface area (Å²) in [6, 6.07) is 13.0. The molecule has 0 saturated carbocycles. The first-order valence-electron chi connectivity index (χ1n) is 7.26. The molecule has 0 heterocycles. The molecule has 3 N–H and O–H groups in total. The van der Waals surface area contributed by atoms with Crippen LogP contribution in [0.25, 0.3) is 0 Å². The van der Waals surface area contributed by atoms with Gasteiger partial charge in [0.1, 0.15) is 5.75 Å². The van der Waals surface area contributed by atoms with Crippen molar-refractivity contribution in [2.24, 2.45) is 0 Å². The topological polar surface area (TPSA) is 62.4 Å². The highest BCUT2D eigenvalue weighted by molar-refractivity contribution is 7.80. The molecular weight excluding hydrogens is 346 g/mol. The number of hydrazine groups is 1. The van der Waals surface area contributed by atoms with Crippen LogP contribution in [0.15, 0.2) is 42.5 Å². The number of aryl methyl sites for hydroxylation is 2. The Balaban J connectivity index is 1.76. The van der Waals surface area contributed by atoms with E-state index < -0.39 is 0 Å². The van der Waals surface area contributed by atoms with Crippen molar-refractivity contribution in [2.45, 2.75) is 13.8 Å². The molecular formula is C17H18ClN3O2S. The molecule has 0 spiro atoms. The number of anilines is 1. The first-order valence-corrected chi connectivity index (χ1v) is 8.05. The van der Waals surface area contributed by atoms with Crippen molar-refractivity contribution in [3.63, 3.8) is 0 Å². The Morgan fingerprint density at radius 3 is 2.38 bits per heavy atom. The van der Waals surface area contributed by atoms with Gasteiger partial charge in [-0.05, 0) is 61.5 Å². The zero-order valence-corrected chi connectivity index (χ0v) is 14.9. The second-order valence-corrected chi connectivity index (χ2v) is 5.94. The number of hydrogen-bond donors (Lipinski definition) is 3. The molecule has 2 rings (SSSR count). The molecule has 0 saturated heterocycles. The summed E-state index contributed by atoms with van der Waals surface area (Å²) in [5, 5.41) is 3.93. The molecule has 0 unspecified atom stereocenters. The van der Waals surface area contributed by atoms with E-state index in [4.69, 9.17) is 28.6 Å². The van der Waals surface area contributed by atoms with Crippen LogP contribution in [0.3, 0.4) is 0 Å². The van der Waals surface area contributed by atoms with Gasteiger partial charge in [0, 0.05) is 10.7 Å². The van der Waals surface area contributed by atoms with E-state index in [1.807, 2.05) is 44.2 Å². The number of carbonyl (C=O) groups is 1. The summed E-state index contributed by atoms with van der Waals surface area (Å²) in [6.07, 6.45) is 0. The molecule has 0 aliphatic heterocycles. The lowest BCUT2D eigenvalue weighted by molar-refractivity contribution is -0.123. The molecule has 0 fully saturated rings. The average molecular weight is 364 g/mol. The van der Waals surface area contributed by atoms with Crippen molar-refractivity contribution in [1.29, 1.82) is 0 Å². The number of halogens is 1. The maximum absolute atomic E-state index is 11.8. The molecule has 126 valence electrons. The van der Waals surface area contributed by atoms with Crippen LogP contribution in [0.2, 0.25) is 5.02 Å². The van der Waals surface area contributed by atoms with E-state index in [1.54, 1.807) is 12.1 Å². The molecule has 7 heteroatoms. The highest BCUT2D eigenvalue weighted by atomic mass is 35.5. The molecule has 0 atom stereocenters. The van der Waals surface area contributed by atoms with Gasteiger partial charge in [0.05, 0.1) is 0 Å². The fourth-order valence-electron chi connectivity index (χ4n) is 1.98. The van der Waals surface area contributed by atoms with Crippen molar-refractivity contribution >= 4 is 40.5 Å². The molecule has 1 amide bonds. The minimum Gasteiger partial charge on any atom is -0.484 e. The number of amides is 1. The number of carbonyl (C=O) groups excluding carboxylic acids is 1. The number of thiocarbonyl (C=S) groups is 1. The Morgan fingerprint density at radius 1 is 1.12 bits per heavy atom. The van der Waals surface area contributed by atoms with Gasteiger partial charge in [0.15, 0.2) is 11.7 Å². The summed E-state index contributed by atoms with van der Waals surface area (Å²) < 4.78 is 5.46. The number of nitrogens with one attached hydrogen (secondary N) is 3. The van der Waals surface area contributed by atoms with E-state index in [2.05, 4.69) is 16.2 Å². The smallest absolute Gasteiger partial charge is 0.276 e. The standard InChI is InChI=1S/C17H18ClN3O2S/c1-11-8-14(9-12(2)16(11)18)23-10-15(22)20-21-17(24)19-13-6-4-3-5-7-13/h3-9H,10H2,1-2H3,(H,20,22)(H2,19,21,24). The summed E-state index contributed by atoms with van der Waals surface area (Å²) in [5.74, 6) is 0.243. The first-order chi connectivity index (χ1) is 11.5. The number of ether oxygens (including phenoxy) is 1. The van der Waals surface area contributed by atoms with Crippen molar-refractivity contribution in [1.82, 2.24) is 10.9 Å². The lowest BCUT2D eigenvalue weighted by atomic mass is 10.1. The van der Waals surface area contributed by atoms with Gasteiger partial charge >= 0.3 is 0 Å². The fourth-order valence-corrected chi connectivity index (χ4v) is 2.26. The summed E-state index contributed by atoms with van der Waals surface area (Å²) in [5.41, 5.74) is 7.72. The summed E-state index contributed by atoms with van der Waals surface area (Å²) in [6.45, 7) is 3.64. The summed E-state index contributed by atoms with van der Waals surface area (Å²) >= 11 is 11.2. The van der Waals surface area contributed by atoms with Crippen LogP contribution in [0, 0.1) is 13.8 Å². The largest absolute Gasteiger partial charge is 0.484 e. The highest BCUT2D eigenvalue weighted by Crippen LogP contribution is 2.25. The predicted octanol–water partition coefficient (Wildman–Crippen LogP) is 3.35. The van der Waals surface area contributed by atoms with Crippen molar-refractivity contribution in [3.05, 3.63) is 58.6 Å². The predicted molar refractivity (Wildman–Crippen MR) is 100 cm³/mol. The Labute approximate surface area is 151 Å². The zero-order chi connectivity index (χ0) is 17.5. The van der Waals surface area contributed by atoms with Gasteiger partial charge in [-0.1, -0.05) is 29.8 Å². The SMILES string of the molecule is Cc1cc(OCC(=O)NNC(=S)Nc2ccccc2)cc(C)c1Cl. The van der Waals surface area contributed by atoms with Crippen LogP contribution in [0.4, 0.5) is 5.69 Å². The molecule has 5 nitrogen and oxygen atoms in total. The third kappa shape index (κ3) is 5.40. The maximum Gasteiger partial charge on any atom is 0.276 e. The normalized spacial score (nSPS) is 9.96. The summed E-state index contributed by atoms with van der Waals surface area (Å²) in [7, 11) is 0. The number of rotatable bonds is 4. The number of benzene rings is 2. The highest BCUT2D eigenvalue weighted by Gasteiger charge is 2.07. The van der Waals surface area contributed by atoms with E-state index in [1.165, 1.54) is 0 Å². The average Bonchev–Trinajstić information content (AvgIpc) is 2.56. The lowest BCUT2D eigenvalue weighted by Crippen LogP contribution is -2.45. The van der Waals surface area contributed by atoms with E-state index in [-0.39, 0.29) is 17.6 Å². The summed E-state index contributed by atoms with van der Waals surface area (Å²) in [4.78, 5) is 11.8. The van der Waals surface area contributed by atoms with E-state index in [9.17, 15) is 4.79 Å². The van der Waals surface area contributed by atoms with Gasteiger partial charge in [0.2, 0.25) is 0 Å². The van der Waals surface area contributed by atoms with Crippen LogP contribution < -0.4 is 20.9 Å². The third-order valence-electron chi connectivity index (χ3n) is 3.13. The van der Waals surface area contributed by atoms with Gasteiger partial charge in [-0.3, -0.25) is 15.6 Å². The van der Waals surface area contributed by atoms with Gasteiger partial charge in [-0.15, -0.1) is 0 Å². The van der Waals surface area contributed by atoms with Crippen molar-refractivity contribution in [2.75, 3.05) is 11.9 Å². The quantitative estimate of drug-likeness (QED) is 0.574. The minimum absolute atomic E-state index is 0.137. The molecule has 2 aromatic rings. The Morgan fingerprint density at radius 2 is 1.75 bits per heavy atom. The number of para-hydroxylation sites is 1. The molecule has 0 aromatic heterocycles. The molecule has 0 bridgehead atoms. The Kier molecular flexibility index (Phi) is 6.40. The molecule has 2 aromatic carbocycles. The first kappa shape index (κ1) is 18.0. The lowest BCUT2D eigenvalue weighted by Gasteiger charge is -2.13. The molecule has 0 radical (unpaired) electrons. The van der Waals surface area contributed by atoms with Gasteiger partial charge in [-0.2, -0.15) is 0 Å². The van der Waals surface area contributed by atoms with Crippen LogP contribution >= 0.6 is 23.8 Å². The van der Waals surface area contributed by atoms with E-state index in [0.29, 0.717) is 10.8 Å². The zero-order valence-electron chi connectivity index (χ0n) is 13.4. The van der Waals surface area contributed by atoms with E-state index >= 15 is 0 Å². The maximum atomic E-state index is 11.8. The second-order valence-electron chi connectivity index (χ2n) is 5.15. The van der Waals surface area contributed by atoms with Crippen LogP contribution in [-0.4, -0.2) is 17.6 Å². The monoisotopic (exact) mass is 363 g/mol. The van der Waals surface area contributed by atoms with E-state index in [0.717, 1.165) is 16.8 Å². The fraction of sp³-hybridized carbons (Fsp3) is 0.176. The van der Waals surface area contributed by atoms with Crippen LogP contribution in [0.1, 0.15) is 11.1 Å². The second kappa shape index (κ2) is 8.52. The minimum atomic E-state index is -0.350. The van der Waals surface area contributed by atoms with Gasteiger partial charge in [-0.25, -0.2) is 0 Å². The van der Waals surface area contributed by atoms with Crippen molar-refractivity contribution in [3.8, 4) is 5.75 Å². The van der Waals surface area contributed by atoms with Crippen LogP contribution in [0.5, 0.6) is 5.75 Å². The third-order valence-corrected chi connectivity index (χ3v) is 3.93. The Hall–Kier alpha value is -2.31. The molecule has 24 heavy (non-hydrogen) atoms. The number of hydrogen-bond acceptors (Lipinski definition) is 3. The van der Waals surface area contributed by atoms with Gasteiger partial charge in [0.25, 0.3) is 5.91 Å². The molecule has 0 aliphatic carbocycles. The van der Waals surface area contributed by atoms with Gasteiger partial charge < -0.3 is 10.1 Å².